The van der Waals surface area contributed by atoms with Gasteiger partial charge in [-0.1, -0.05) is 12.1 Å². The minimum atomic E-state index is -2.93. The first-order valence-electron chi connectivity index (χ1n) is 8.08. The van der Waals surface area contributed by atoms with E-state index in [2.05, 4.69) is 25.3 Å². The van der Waals surface area contributed by atoms with Crippen LogP contribution in [-0.2, 0) is 13.1 Å². The Balaban J connectivity index is 0.00000364. The van der Waals surface area contributed by atoms with Crippen molar-refractivity contribution in [3.8, 4) is 11.5 Å². The molecule has 0 bridgehead atoms. The Morgan fingerprint density at radius 3 is 2.63 bits per heavy atom. The van der Waals surface area contributed by atoms with Gasteiger partial charge in [-0.2, -0.15) is 8.78 Å². The number of thiazole rings is 1. The van der Waals surface area contributed by atoms with Crippen LogP contribution < -0.4 is 20.1 Å². The van der Waals surface area contributed by atoms with Crippen molar-refractivity contribution >= 4 is 41.3 Å². The molecule has 0 saturated heterocycles. The molecule has 2 N–H and O–H groups in total. The van der Waals surface area contributed by atoms with E-state index in [9.17, 15) is 8.78 Å². The molecule has 0 aliphatic carbocycles. The maximum absolute atomic E-state index is 12.8. The molecule has 0 fully saturated rings. The van der Waals surface area contributed by atoms with Crippen molar-refractivity contribution < 1.29 is 18.3 Å². The van der Waals surface area contributed by atoms with Crippen molar-refractivity contribution in [1.82, 2.24) is 15.6 Å². The maximum Gasteiger partial charge on any atom is 0.387 e. The van der Waals surface area contributed by atoms with Crippen LogP contribution in [0.3, 0.4) is 0 Å². The molecule has 10 heteroatoms. The molecular weight excluding hydrogens is 489 g/mol. The fourth-order valence-electron chi connectivity index (χ4n) is 2.23. The van der Waals surface area contributed by atoms with Crippen LogP contribution in [0, 0.1) is 6.92 Å². The molecule has 0 aliphatic rings. The molecule has 1 aromatic carbocycles. The van der Waals surface area contributed by atoms with Crippen molar-refractivity contribution in [2.24, 2.45) is 4.99 Å². The number of hydrogen-bond acceptors (Lipinski definition) is 5. The predicted molar refractivity (Wildman–Crippen MR) is 114 cm³/mol. The van der Waals surface area contributed by atoms with E-state index in [4.69, 9.17) is 4.74 Å². The van der Waals surface area contributed by atoms with Crippen molar-refractivity contribution in [2.45, 2.75) is 33.5 Å². The Bertz CT molecular complexity index is 743. The number of aromatic nitrogens is 1. The van der Waals surface area contributed by atoms with E-state index in [1.807, 2.05) is 13.1 Å². The molecular formula is C17H23F2IN4O2S. The highest BCUT2D eigenvalue weighted by Gasteiger charge is 2.16. The smallest absolute Gasteiger partial charge is 0.387 e. The van der Waals surface area contributed by atoms with Crippen LogP contribution in [0.2, 0.25) is 0 Å². The largest absolute Gasteiger partial charge is 0.490 e. The van der Waals surface area contributed by atoms with E-state index < -0.39 is 6.61 Å². The summed E-state index contributed by atoms with van der Waals surface area (Å²) < 4.78 is 35.6. The van der Waals surface area contributed by atoms with Crippen LogP contribution in [0.4, 0.5) is 8.78 Å². The molecule has 2 aromatic rings. The first kappa shape index (κ1) is 23.3. The van der Waals surface area contributed by atoms with Crippen LogP contribution in [0.15, 0.2) is 29.4 Å². The van der Waals surface area contributed by atoms with Crippen LogP contribution in [0.5, 0.6) is 11.5 Å². The number of aryl methyl sites for hydroxylation is 1. The number of halogens is 3. The van der Waals surface area contributed by atoms with Gasteiger partial charge < -0.3 is 20.1 Å². The Morgan fingerprint density at radius 1 is 1.30 bits per heavy atom. The number of ether oxygens (including phenoxy) is 2. The molecule has 0 aliphatic heterocycles. The average molecular weight is 512 g/mol. The molecule has 0 saturated carbocycles. The highest BCUT2D eigenvalue weighted by molar-refractivity contribution is 14.0. The zero-order valence-electron chi connectivity index (χ0n) is 15.3. The van der Waals surface area contributed by atoms with E-state index in [0.717, 1.165) is 9.88 Å². The number of rotatable bonds is 8. The van der Waals surface area contributed by atoms with Gasteiger partial charge in [0.1, 0.15) is 5.01 Å². The van der Waals surface area contributed by atoms with Crippen molar-refractivity contribution in [1.29, 1.82) is 0 Å². The normalized spacial score (nSPS) is 11.1. The molecule has 27 heavy (non-hydrogen) atoms. The zero-order chi connectivity index (χ0) is 18.9. The lowest BCUT2D eigenvalue weighted by molar-refractivity contribution is -0.0520. The summed E-state index contributed by atoms with van der Waals surface area (Å²) in [5, 5.41) is 7.15. The standard InChI is InChI=1S/C17H22F2N4O2S.HI/c1-4-24-13-7-5-6-12(15(13)25-16(18)19)9-22-17(20-3)23-10-14-21-8-11(2)26-14;/h5-8,16H,4,9-10H2,1-3H3,(H2,20,22,23);1H. The van der Waals surface area contributed by atoms with Gasteiger partial charge in [-0.05, 0) is 19.9 Å². The quantitative estimate of drug-likeness (QED) is 0.319. The summed E-state index contributed by atoms with van der Waals surface area (Å²) in [6.45, 7) is 1.97. The SMILES string of the molecule is CCOc1cccc(CNC(=NC)NCc2ncc(C)s2)c1OC(F)F.I. The first-order valence-corrected chi connectivity index (χ1v) is 8.90. The van der Waals surface area contributed by atoms with Crippen LogP contribution in [0.1, 0.15) is 22.4 Å². The summed E-state index contributed by atoms with van der Waals surface area (Å²) in [7, 11) is 1.63. The van der Waals surface area contributed by atoms with Crippen LogP contribution in [-0.4, -0.2) is 31.2 Å². The lowest BCUT2D eigenvalue weighted by Gasteiger charge is -2.17. The molecule has 0 atom stereocenters. The van der Waals surface area contributed by atoms with E-state index in [0.29, 0.717) is 24.7 Å². The number of nitrogens with zero attached hydrogens (tertiary/aromatic N) is 2. The lowest BCUT2D eigenvalue weighted by Crippen LogP contribution is -2.36. The Labute approximate surface area is 178 Å². The van der Waals surface area contributed by atoms with Gasteiger partial charge in [0.2, 0.25) is 0 Å². The molecule has 1 heterocycles. The number of aliphatic imine (C=N–C) groups is 1. The van der Waals surface area contributed by atoms with Gasteiger partial charge in [-0.15, -0.1) is 35.3 Å². The van der Waals surface area contributed by atoms with Crippen LogP contribution in [0.25, 0.3) is 0 Å². The zero-order valence-corrected chi connectivity index (χ0v) is 18.4. The van der Waals surface area contributed by atoms with Crippen molar-refractivity contribution in [3.63, 3.8) is 0 Å². The number of benzene rings is 1. The number of hydrogen-bond donors (Lipinski definition) is 2. The van der Waals surface area contributed by atoms with E-state index in [-0.39, 0.29) is 42.0 Å². The third kappa shape index (κ3) is 7.45. The molecule has 150 valence electrons. The summed E-state index contributed by atoms with van der Waals surface area (Å²) in [6, 6.07) is 5.03. The Kier molecular flexibility index (Phi) is 10.3. The second kappa shape index (κ2) is 11.9. The summed E-state index contributed by atoms with van der Waals surface area (Å²) in [6.07, 6.45) is 1.81. The van der Waals surface area contributed by atoms with Gasteiger partial charge in [0.15, 0.2) is 17.5 Å². The third-order valence-corrected chi connectivity index (χ3v) is 4.23. The lowest BCUT2D eigenvalue weighted by atomic mass is 10.2. The maximum atomic E-state index is 12.8. The minimum absolute atomic E-state index is 0. The number of alkyl halides is 2. The molecule has 0 radical (unpaired) electrons. The monoisotopic (exact) mass is 512 g/mol. The summed E-state index contributed by atoms with van der Waals surface area (Å²) in [5.41, 5.74) is 0.546. The third-order valence-electron chi connectivity index (χ3n) is 3.31. The van der Waals surface area contributed by atoms with Gasteiger partial charge >= 0.3 is 6.61 Å². The molecule has 0 amide bonds. The molecule has 1 aromatic heterocycles. The molecule has 0 unspecified atom stereocenters. The van der Waals surface area contributed by atoms with Crippen molar-refractivity contribution in [2.75, 3.05) is 13.7 Å². The number of para-hydroxylation sites is 1. The van der Waals surface area contributed by atoms with Gasteiger partial charge in [0.25, 0.3) is 0 Å². The first-order chi connectivity index (χ1) is 12.5. The fraction of sp³-hybridized carbons (Fsp3) is 0.412. The van der Waals surface area contributed by atoms with Gasteiger partial charge in [-0.3, -0.25) is 4.99 Å². The Morgan fingerprint density at radius 2 is 2.04 bits per heavy atom. The molecule has 6 nitrogen and oxygen atoms in total. The number of nitrogens with one attached hydrogen (secondary N) is 2. The van der Waals surface area contributed by atoms with Gasteiger partial charge in [0.05, 0.1) is 13.2 Å². The summed E-state index contributed by atoms with van der Waals surface area (Å²) in [5.74, 6) is 0.846. The van der Waals surface area contributed by atoms with E-state index in [1.165, 1.54) is 0 Å². The second-order valence-electron chi connectivity index (χ2n) is 5.20. The topological polar surface area (TPSA) is 67.8 Å². The fourth-order valence-corrected chi connectivity index (χ4v) is 2.96. The Hall–Kier alpha value is -1.69. The summed E-state index contributed by atoms with van der Waals surface area (Å²) >= 11 is 1.60. The summed E-state index contributed by atoms with van der Waals surface area (Å²) in [4.78, 5) is 9.53. The van der Waals surface area contributed by atoms with Gasteiger partial charge in [-0.25, -0.2) is 4.98 Å². The van der Waals surface area contributed by atoms with E-state index in [1.54, 1.807) is 43.5 Å². The molecule has 2 rings (SSSR count). The highest BCUT2D eigenvalue weighted by atomic mass is 127. The minimum Gasteiger partial charge on any atom is -0.490 e. The molecule has 0 spiro atoms. The van der Waals surface area contributed by atoms with E-state index >= 15 is 0 Å². The highest BCUT2D eigenvalue weighted by Crippen LogP contribution is 2.32. The average Bonchev–Trinajstić information content (AvgIpc) is 3.02. The van der Waals surface area contributed by atoms with Gasteiger partial charge in [0, 0.05) is 30.2 Å². The van der Waals surface area contributed by atoms with Crippen molar-refractivity contribution in [3.05, 3.63) is 39.8 Å². The van der Waals surface area contributed by atoms with Crippen LogP contribution >= 0.6 is 35.3 Å². The second-order valence-corrected chi connectivity index (χ2v) is 6.52. The number of guanidine groups is 1. The predicted octanol–water partition coefficient (Wildman–Crippen LogP) is 3.93.